The van der Waals surface area contributed by atoms with E-state index in [0.29, 0.717) is 11.6 Å². The molecule has 0 unspecified atom stereocenters. The van der Waals surface area contributed by atoms with Crippen molar-refractivity contribution in [2.45, 2.75) is 37.8 Å². The third-order valence-electron chi connectivity index (χ3n) is 6.74. The van der Waals surface area contributed by atoms with Gasteiger partial charge in [-0.25, -0.2) is 9.07 Å². The Kier molecular flexibility index (Phi) is 6.03. The van der Waals surface area contributed by atoms with Crippen LogP contribution in [0.15, 0.2) is 48.5 Å². The molecule has 3 aromatic rings. The molecule has 0 spiro atoms. The highest BCUT2D eigenvalue weighted by Crippen LogP contribution is 2.36. The van der Waals surface area contributed by atoms with Crippen LogP contribution in [0.2, 0.25) is 0 Å². The number of aromatic nitrogens is 4. The second kappa shape index (κ2) is 9.24. The highest BCUT2D eigenvalue weighted by atomic mass is 19.1. The van der Waals surface area contributed by atoms with E-state index in [-0.39, 0.29) is 11.9 Å². The molecule has 0 bridgehead atoms. The van der Waals surface area contributed by atoms with Crippen LogP contribution >= 0.6 is 0 Å². The molecule has 168 valence electrons. The van der Waals surface area contributed by atoms with Crippen molar-refractivity contribution in [1.29, 1.82) is 0 Å². The zero-order valence-corrected chi connectivity index (χ0v) is 18.4. The van der Waals surface area contributed by atoms with Crippen LogP contribution in [0.1, 0.15) is 49.2 Å². The van der Waals surface area contributed by atoms with Gasteiger partial charge in [0.25, 0.3) is 0 Å². The van der Waals surface area contributed by atoms with E-state index in [1.165, 1.54) is 18.9 Å². The van der Waals surface area contributed by atoms with E-state index in [9.17, 15) is 0 Å². The molecule has 7 nitrogen and oxygen atoms in total. The molecule has 0 amide bonds. The van der Waals surface area contributed by atoms with Crippen LogP contribution in [-0.4, -0.2) is 58.4 Å². The summed E-state index contributed by atoms with van der Waals surface area (Å²) in [4.78, 5) is 4.63. The second-order valence-corrected chi connectivity index (χ2v) is 8.54. The first-order valence-electron chi connectivity index (χ1n) is 11.4. The Labute approximate surface area is 187 Å². The van der Waals surface area contributed by atoms with Crippen LogP contribution in [0, 0.1) is 5.82 Å². The number of rotatable bonds is 6. The molecule has 2 heterocycles. The zero-order chi connectivity index (χ0) is 21.9. The van der Waals surface area contributed by atoms with Crippen molar-refractivity contribution in [3.63, 3.8) is 0 Å². The number of halogens is 1. The van der Waals surface area contributed by atoms with Crippen molar-refractivity contribution < 1.29 is 9.13 Å². The molecule has 5 rings (SSSR count). The number of para-hydroxylation sites is 2. The molecular formula is C24H29FN6O. The molecule has 1 aliphatic carbocycles. The predicted octanol–water partition coefficient (Wildman–Crippen LogP) is 3.85. The standard InChI is InChI=1S/C24H29FN6O/c1-32-22-13-7-6-12-21(22)29-14-16-30(17-15-29)23(19-10-4-5-11-20(19)25)24-26-27-28-31(24)18-8-2-3-9-18/h4-7,10-13,18,23H,2-3,8-9,14-17H2,1H3/t23-/m1/s1. The minimum atomic E-state index is -0.313. The molecule has 1 saturated carbocycles. The first-order valence-corrected chi connectivity index (χ1v) is 11.4. The summed E-state index contributed by atoms with van der Waals surface area (Å²) < 4.78 is 22.5. The van der Waals surface area contributed by atoms with Crippen LogP contribution in [-0.2, 0) is 0 Å². The van der Waals surface area contributed by atoms with Gasteiger partial charge in [0.05, 0.1) is 18.8 Å². The molecule has 1 aliphatic heterocycles. The number of hydrogen-bond donors (Lipinski definition) is 0. The van der Waals surface area contributed by atoms with E-state index in [4.69, 9.17) is 4.74 Å². The van der Waals surface area contributed by atoms with Crippen LogP contribution in [0.25, 0.3) is 0 Å². The molecule has 1 atom stereocenters. The summed E-state index contributed by atoms with van der Waals surface area (Å²) in [7, 11) is 1.70. The summed E-state index contributed by atoms with van der Waals surface area (Å²) in [6.07, 6.45) is 4.52. The Bertz CT molecular complexity index is 1040. The number of benzene rings is 2. The molecule has 0 N–H and O–H groups in total. The molecular weight excluding hydrogens is 407 g/mol. The quantitative estimate of drug-likeness (QED) is 0.585. The summed E-state index contributed by atoms with van der Waals surface area (Å²) in [5.41, 5.74) is 1.72. The van der Waals surface area contributed by atoms with Gasteiger partial charge in [0.2, 0.25) is 0 Å². The maximum atomic E-state index is 15.0. The number of anilines is 1. The molecule has 1 aromatic heterocycles. The maximum Gasteiger partial charge on any atom is 0.173 e. The maximum absolute atomic E-state index is 15.0. The molecule has 2 aromatic carbocycles. The lowest BCUT2D eigenvalue weighted by molar-refractivity contribution is 0.194. The lowest BCUT2D eigenvalue weighted by atomic mass is 10.0. The highest BCUT2D eigenvalue weighted by molar-refractivity contribution is 5.58. The van der Waals surface area contributed by atoms with Crippen molar-refractivity contribution in [3.8, 4) is 5.75 Å². The van der Waals surface area contributed by atoms with Crippen molar-refractivity contribution >= 4 is 5.69 Å². The van der Waals surface area contributed by atoms with Crippen LogP contribution in [0.3, 0.4) is 0 Å². The fourth-order valence-electron chi connectivity index (χ4n) is 5.10. The molecule has 2 aliphatic rings. The molecule has 2 fully saturated rings. The SMILES string of the molecule is COc1ccccc1N1CCN([C@H](c2ccccc2F)c2nnnn2C2CCCC2)CC1. The minimum Gasteiger partial charge on any atom is -0.495 e. The lowest BCUT2D eigenvalue weighted by Gasteiger charge is -2.40. The summed E-state index contributed by atoms with van der Waals surface area (Å²) in [5.74, 6) is 1.40. The highest BCUT2D eigenvalue weighted by Gasteiger charge is 2.34. The smallest absolute Gasteiger partial charge is 0.173 e. The zero-order valence-electron chi connectivity index (χ0n) is 18.4. The van der Waals surface area contributed by atoms with Crippen LogP contribution in [0.4, 0.5) is 10.1 Å². The van der Waals surface area contributed by atoms with Gasteiger partial charge >= 0.3 is 0 Å². The number of hydrogen-bond acceptors (Lipinski definition) is 6. The van der Waals surface area contributed by atoms with Gasteiger partial charge in [-0.1, -0.05) is 43.2 Å². The summed E-state index contributed by atoms with van der Waals surface area (Å²) in [6, 6.07) is 15.1. The molecule has 0 radical (unpaired) electrons. The first kappa shape index (κ1) is 20.9. The van der Waals surface area contributed by atoms with Gasteiger partial charge in [0, 0.05) is 31.7 Å². The van der Waals surface area contributed by atoms with Crippen molar-refractivity contribution in [1.82, 2.24) is 25.1 Å². The fraction of sp³-hybridized carbons (Fsp3) is 0.458. The van der Waals surface area contributed by atoms with Crippen molar-refractivity contribution in [2.24, 2.45) is 0 Å². The Morgan fingerprint density at radius 2 is 1.69 bits per heavy atom. The number of tetrazole rings is 1. The Hall–Kier alpha value is -3.00. The predicted molar refractivity (Wildman–Crippen MR) is 120 cm³/mol. The summed E-state index contributed by atoms with van der Waals surface area (Å²) >= 11 is 0. The van der Waals surface area contributed by atoms with Gasteiger partial charge in [0.15, 0.2) is 5.82 Å². The summed E-state index contributed by atoms with van der Waals surface area (Å²) in [6.45, 7) is 3.18. The average Bonchev–Trinajstić information content (AvgIpc) is 3.53. The second-order valence-electron chi connectivity index (χ2n) is 8.54. The Morgan fingerprint density at radius 3 is 2.44 bits per heavy atom. The molecule has 1 saturated heterocycles. The van der Waals surface area contributed by atoms with E-state index in [1.807, 2.05) is 35.0 Å². The third-order valence-corrected chi connectivity index (χ3v) is 6.74. The van der Waals surface area contributed by atoms with E-state index in [1.54, 1.807) is 13.2 Å². The van der Waals surface area contributed by atoms with Gasteiger partial charge in [-0.15, -0.1) is 5.10 Å². The number of ether oxygens (including phenoxy) is 1. The Morgan fingerprint density at radius 1 is 0.969 bits per heavy atom. The summed E-state index contributed by atoms with van der Waals surface area (Å²) in [5, 5.41) is 12.8. The number of methoxy groups -OCH3 is 1. The first-order chi connectivity index (χ1) is 15.8. The number of nitrogens with zero attached hydrogens (tertiary/aromatic N) is 6. The van der Waals surface area contributed by atoms with E-state index in [2.05, 4.69) is 31.4 Å². The van der Waals surface area contributed by atoms with Gasteiger partial charge in [-0.2, -0.15) is 0 Å². The molecule has 32 heavy (non-hydrogen) atoms. The van der Waals surface area contributed by atoms with E-state index < -0.39 is 0 Å². The average molecular weight is 437 g/mol. The lowest BCUT2D eigenvalue weighted by Crippen LogP contribution is -2.48. The van der Waals surface area contributed by atoms with Crippen LogP contribution < -0.4 is 9.64 Å². The van der Waals surface area contributed by atoms with Gasteiger partial charge in [-0.05, 0) is 41.5 Å². The van der Waals surface area contributed by atoms with Gasteiger partial charge in [0.1, 0.15) is 17.6 Å². The minimum absolute atomic E-state index is 0.217. The Balaban J connectivity index is 1.44. The monoisotopic (exact) mass is 436 g/mol. The normalized spacial score (nSPS) is 18.8. The van der Waals surface area contributed by atoms with Crippen molar-refractivity contribution in [3.05, 3.63) is 65.7 Å². The third kappa shape index (κ3) is 3.95. The van der Waals surface area contributed by atoms with Gasteiger partial charge in [-0.3, -0.25) is 4.90 Å². The fourth-order valence-corrected chi connectivity index (χ4v) is 5.10. The topological polar surface area (TPSA) is 59.3 Å². The van der Waals surface area contributed by atoms with E-state index in [0.717, 1.165) is 56.3 Å². The number of piperazine rings is 1. The van der Waals surface area contributed by atoms with E-state index >= 15 is 4.39 Å². The van der Waals surface area contributed by atoms with Gasteiger partial charge < -0.3 is 9.64 Å². The largest absolute Gasteiger partial charge is 0.495 e. The molecule has 8 heteroatoms. The van der Waals surface area contributed by atoms with Crippen molar-refractivity contribution in [2.75, 3.05) is 38.2 Å². The van der Waals surface area contributed by atoms with Crippen LogP contribution in [0.5, 0.6) is 5.75 Å².